The van der Waals surface area contributed by atoms with Crippen molar-refractivity contribution in [1.82, 2.24) is 15.0 Å². The lowest BCUT2D eigenvalue weighted by Crippen LogP contribution is -2.39. The van der Waals surface area contributed by atoms with Crippen molar-refractivity contribution in [2.24, 2.45) is 5.14 Å². The van der Waals surface area contributed by atoms with Gasteiger partial charge in [0.15, 0.2) is 5.82 Å². The first-order valence-corrected chi connectivity index (χ1v) is 10.9. The number of nitrogens with one attached hydrogen (secondary N) is 2. The van der Waals surface area contributed by atoms with Crippen LogP contribution in [0.4, 0.5) is 24.9 Å². The zero-order valence-electron chi connectivity index (χ0n) is 15.7. The van der Waals surface area contributed by atoms with Crippen LogP contribution in [-0.4, -0.2) is 35.1 Å². The maximum atomic E-state index is 13.4. The average molecular weight is 473 g/mol. The van der Waals surface area contributed by atoms with Crippen LogP contribution in [-0.2, 0) is 16.6 Å². The zero-order valence-corrected chi connectivity index (χ0v) is 17.3. The lowest BCUT2D eigenvalue weighted by molar-refractivity contribution is -0.151. The van der Waals surface area contributed by atoms with E-state index >= 15 is 0 Å². The smallest absolute Gasteiger partial charge is 0.354 e. The summed E-state index contributed by atoms with van der Waals surface area (Å²) >= 11 is 5.91. The Hall–Kier alpha value is -2.70. The van der Waals surface area contributed by atoms with Crippen LogP contribution in [0.3, 0.4) is 0 Å². The Morgan fingerprint density at radius 3 is 2.32 bits per heavy atom. The van der Waals surface area contributed by atoms with Gasteiger partial charge in [0.1, 0.15) is 16.2 Å². The molecule has 1 aliphatic rings. The number of halogens is 4. The van der Waals surface area contributed by atoms with Crippen molar-refractivity contribution in [3.8, 4) is 0 Å². The molecule has 0 saturated heterocycles. The summed E-state index contributed by atoms with van der Waals surface area (Å²) in [7, 11) is -3.81. The Morgan fingerprint density at radius 2 is 1.74 bits per heavy atom. The van der Waals surface area contributed by atoms with E-state index in [4.69, 9.17) is 16.7 Å². The molecule has 4 N–H and O–H groups in total. The molecule has 13 heteroatoms. The third kappa shape index (κ3) is 4.50. The first-order valence-electron chi connectivity index (χ1n) is 9.02. The molecule has 2 aromatic heterocycles. The number of primary sulfonamides is 1. The summed E-state index contributed by atoms with van der Waals surface area (Å²) in [6, 6.07) is 8.83. The predicted molar refractivity (Wildman–Crippen MR) is 109 cm³/mol. The zero-order chi connectivity index (χ0) is 22.4. The molecular formula is C18H16ClF3N6O2S. The van der Waals surface area contributed by atoms with Crippen LogP contribution in [0.5, 0.6) is 0 Å². The molecule has 0 aliphatic heterocycles. The molecule has 1 aliphatic carbocycles. The molecule has 1 saturated carbocycles. The molecule has 4 rings (SSSR count). The molecule has 8 nitrogen and oxygen atoms in total. The van der Waals surface area contributed by atoms with Gasteiger partial charge in [-0.1, -0.05) is 23.7 Å². The first kappa shape index (κ1) is 21.5. The third-order valence-electron chi connectivity index (χ3n) is 4.86. The highest BCUT2D eigenvalue weighted by atomic mass is 35.5. The van der Waals surface area contributed by atoms with Crippen LogP contribution in [0.15, 0.2) is 41.3 Å². The van der Waals surface area contributed by atoms with Crippen molar-refractivity contribution in [3.05, 3.63) is 47.1 Å². The summed E-state index contributed by atoms with van der Waals surface area (Å²) in [5.41, 5.74) is -0.911. The standard InChI is InChI=1S/C18H16ClF3N6O2S/c19-13-6-5-12-14(26-13)15(28-17(7-8-17)18(20,21)22)27-16(25-12)24-9-10-1-3-11(4-2-10)31(23,29)30/h1-6H,7-9H2,(H2,23,29,30)(H2,24,25,27,28). The molecule has 1 fully saturated rings. The number of hydrogen-bond acceptors (Lipinski definition) is 7. The monoisotopic (exact) mass is 472 g/mol. The fraction of sp³-hybridized carbons (Fsp3) is 0.278. The number of sulfonamides is 1. The van der Waals surface area contributed by atoms with E-state index in [2.05, 4.69) is 25.6 Å². The van der Waals surface area contributed by atoms with E-state index < -0.39 is 21.7 Å². The number of pyridine rings is 1. The molecule has 2 heterocycles. The molecule has 3 aromatic rings. The van der Waals surface area contributed by atoms with Gasteiger partial charge in [-0.2, -0.15) is 18.2 Å². The minimum absolute atomic E-state index is 0.0328. The number of fused-ring (bicyclic) bond motifs is 1. The van der Waals surface area contributed by atoms with Crippen LogP contribution in [0.2, 0.25) is 5.15 Å². The van der Waals surface area contributed by atoms with E-state index in [0.717, 1.165) is 0 Å². The second kappa shape index (κ2) is 7.46. The summed E-state index contributed by atoms with van der Waals surface area (Å²) in [5.74, 6) is 0.00187. The van der Waals surface area contributed by atoms with Gasteiger partial charge in [-0.25, -0.2) is 23.5 Å². The van der Waals surface area contributed by atoms with Crippen LogP contribution < -0.4 is 15.8 Å². The summed E-state index contributed by atoms with van der Waals surface area (Å²) in [5, 5.41) is 10.6. The Labute approximate surface area is 180 Å². The normalized spacial score (nSPS) is 15.6. The maximum absolute atomic E-state index is 13.4. The lowest BCUT2D eigenvalue weighted by atomic mass is 10.2. The largest absolute Gasteiger partial charge is 0.411 e. The summed E-state index contributed by atoms with van der Waals surface area (Å²) in [4.78, 5) is 12.5. The van der Waals surface area contributed by atoms with Gasteiger partial charge in [0, 0.05) is 6.54 Å². The van der Waals surface area contributed by atoms with Crippen molar-refractivity contribution >= 4 is 44.4 Å². The van der Waals surface area contributed by atoms with Crippen molar-refractivity contribution in [3.63, 3.8) is 0 Å². The maximum Gasteiger partial charge on any atom is 0.411 e. The molecule has 0 spiro atoms. The second-order valence-electron chi connectivity index (χ2n) is 7.14. The predicted octanol–water partition coefficient (Wildman–Crippen LogP) is 3.44. The highest BCUT2D eigenvalue weighted by Crippen LogP contribution is 2.51. The van der Waals surface area contributed by atoms with E-state index in [1.54, 1.807) is 12.1 Å². The van der Waals surface area contributed by atoms with Gasteiger partial charge in [-0.3, -0.25) is 0 Å². The molecule has 1 aromatic carbocycles. The third-order valence-corrected chi connectivity index (χ3v) is 6.00. The Morgan fingerprint density at radius 1 is 1.06 bits per heavy atom. The highest BCUT2D eigenvalue weighted by molar-refractivity contribution is 7.89. The van der Waals surface area contributed by atoms with E-state index in [-0.39, 0.29) is 46.7 Å². The number of hydrogen-bond donors (Lipinski definition) is 3. The van der Waals surface area contributed by atoms with Gasteiger partial charge in [-0.05, 0) is 42.7 Å². The lowest BCUT2D eigenvalue weighted by Gasteiger charge is -2.22. The van der Waals surface area contributed by atoms with Gasteiger partial charge in [0.25, 0.3) is 0 Å². The quantitative estimate of drug-likeness (QED) is 0.469. The SMILES string of the molecule is NS(=O)(=O)c1ccc(CNc2nc(NC3(C(F)(F)F)CC3)c3nc(Cl)ccc3n2)cc1. The fourth-order valence-corrected chi connectivity index (χ4v) is 3.63. The molecule has 164 valence electrons. The van der Waals surface area contributed by atoms with Crippen molar-refractivity contribution in [2.45, 2.75) is 36.0 Å². The number of nitrogens with two attached hydrogens (primary N) is 1. The number of anilines is 2. The Bertz CT molecular complexity index is 1250. The van der Waals surface area contributed by atoms with Gasteiger partial charge < -0.3 is 10.6 Å². The summed E-state index contributed by atoms with van der Waals surface area (Å²) in [6.45, 7) is 0.196. The van der Waals surface area contributed by atoms with Crippen molar-refractivity contribution < 1.29 is 21.6 Å². The first-order chi connectivity index (χ1) is 14.5. The van der Waals surface area contributed by atoms with Crippen molar-refractivity contribution in [2.75, 3.05) is 10.6 Å². The van der Waals surface area contributed by atoms with Crippen LogP contribution in [0.1, 0.15) is 18.4 Å². The highest BCUT2D eigenvalue weighted by Gasteiger charge is 2.64. The van der Waals surface area contributed by atoms with E-state index in [9.17, 15) is 21.6 Å². The summed E-state index contributed by atoms with van der Waals surface area (Å²) in [6.07, 6.45) is -4.58. The van der Waals surface area contributed by atoms with E-state index in [0.29, 0.717) is 11.1 Å². The van der Waals surface area contributed by atoms with Gasteiger partial charge in [-0.15, -0.1) is 0 Å². The molecular weight excluding hydrogens is 457 g/mol. The Kier molecular flexibility index (Phi) is 5.18. The molecule has 0 radical (unpaired) electrons. The van der Waals surface area contributed by atoms with E-state index in [1.165, 1.54) is 24.3 Å². The average Bonchev–Trinajstić information content (AvgIpc) is 3.47. The molecule has 0 atom stereocenters. The fourth-order valence-electron chi connectivity index (χ4n) is 2.97. The van der Waals surface area contributed by atoms with Crippen LogP contribution in [0, 0.1) is 0 Å². The van der Waals surface area contributed by atoms with Crippen LogP contribution in [0.25, 0.3) is 11.0 Å². The van der Waals surface area contributed by atoms with Gasteiger partial charge >= 0.3 is 6.18 Å². The van der Waals surface area contributed by atoms with E-state index in [1.807, 2.05) is 0 Å². The molecule has 31 heavy (non-hydrogen) atoms. The number of nitrogens with zero attached hydrogens (tertiary/aromatic N) is 3. The molecule has 0 amide bonds. The van der Waals surface area contributed by atoms with Crippen LogP contribution >= 0.6 is 11.6 Å². The molecule has 0 bridgehead atoms. The van der Waals surface area contributed by atoms with Gasteiger partial charge in [0.2, 0.25) is 16.0 Å². The summed E-state index contributed by atoms with van der Waals surface area (Å²) < 4.78 is 63.0. The number of rotatable bonds is 6. The number of benzene rings is 1. The number of alkyl halides is 3. The topological polar surface area (TPSA) is 123 Å². The minimum Gasteiger partial charge on any atom is -0.354 e. The number of aromatic nitrogens is 3. The molecule has 0 unspecified atom stereocenters. The minimum atomic E-state index is -4.44. The van der Waals surface area contributed by atoms with Crippen molar-refractivity contribution in [1.29, 1.82) is 0 Å². The Balaban J connectivity index is 1.62. The second-order valence-corrected chi connectivity index (χ2v) is 9.09. The van der Waals surface area contributed by atoms with Gasteiger partial charge in [0.05, 0.1) is 10.4 Å².